The summed E-state index contributed by atoms with van der Waals surface area (Å²) < 4.78 is 5.62. The molecule has 4 heteroatoms. The van der Waals surface area contributed by atoms with Gasteiger partial charge in [-0.05, 0) is 49.6 Å². The third-order valence-corrected chi connectivity index (χ3v) is 3.72. The second-order valence-corrected chi connectivity index (χ2v) is 6.16. The molecule has 0 aliphatic carbocycles. The Kier molecular flexibility index (Phi) is 6.38. The summed E-state index contributed by atoms with van der Waals surface area (Å²) in [6, 6.07) is 15.1. The average Bonchev–Trinajstić information content (AvgIpc) is 2.54. The minimum atomic E-state index is -0.762. The molecule has 0 radical (unpaired) electrons. The molecule has 2 rings (SSSR count). The Balaban J connectivity index is 1.89. The van der Waals surface area contributed by atoms with Gasteiger partial charge >= 0.3 is 0 Å². The Hall–Kier alpha value is -2.33. The largest absolute Gasteiger partial charge is 0.491 e. The molecule has 0 fully saturated rings. The Morgan fingerprint density at radius 3 is 2.62 bits per heavy atom. The van der Waals surface area contributed by atoms with Gasteiger partial charge in [0, 0.05) is 6.54 Å². The first kappa shape index (κ1) is 18.0. The van der Waals surface area contributed by atoms with E-state index < -0.39 is 6.10 Å². The number of amides is 1. The van der Waals surface area contributed by atoms with Crippen LogP contribution in [-0.4, -0.2) is 23.7 Å². The molecule has 2 aromatic rings. The van der Waals surface area contributed by atoms with Crippen LogP contribution in [0.4, 0.5) is 0 Å². The fraction of sp³-hybridized carbons (Fsp3) is 0.350. The van der Waals surface area contributed by atoms with Crippen LogP contribution in [0, 0.1) is 6.92 Å². The first-order valence-electron chi connectivity index (χ1n) is 8.21. The summed E-state index contributed by atoms with van der Waals surface area (Å²) in [5.41, 5.74) is 2.81. The van der Waals surface area contributed by atoms with E-state index in [0.29, 0.717) is 12.2 Å². The molecule has 1 amide bonds. The Morgan fingerprint density at radius 2 is 1.92 bits per heavy atom. The molecule has 24 heavy (non-hydrogen) atoms. The van der Waals surface area contributed by atoms with E-state index in [9.17, 15) is 9.90 Å². The van der Waals surface area contributed by atoms with Gasteiger partial charge < -0.3 is 15.2 Å². The molecule has 0 saturated carbocycles. The maximum Gasteiger partial charge on any atom is 0.224 e. The van der Waals surface area contributed by atoms with Crippen LogP contribution in [0.15, 0.2) is 48.5 Å². The van der Waals surface area contributed by atoms with E-state index in [-0.39, 0.29) is 18.6 Å². The summed E-state index contributed by atoms with van der Waals surface area (Å²) >= 11 is 0. The molecular formula is C20H25NO3. The molecule has 4 nitrogen and oxygen atoms in total. The van der Waals surface area contributed by atoms with Crippen LogP contribution >= 0.6 is 0 Å². The van der Waals surface area contributed by atoms with Crippen molar-refractivity contribution < 1.29 is 14.6 Å². The molecule has 0 saturated heterocycles. The van der Waals surface area contributed by atoms with E-state index >= 15 is 0 Å². The highest BCUT2D eigenvalue weighted by molar-refractivity contribution is 5.78. The molecule has 1 atom stereocenters. The number of hydrogen-bond acceptors (Lipinski definition) is 3. The third kappa shape index (κ3) is 5.39. The number of aliphatic hydroxyl groups excluding tert-OH is 1. The number of carbonyl (C=O) groups is 1. The summed E-state index contributed by atoms with van der Waals surface area (Å²) in [7, 11) is 0. The lowest BCUT2D eigenvalue weighted by molar-refractivity contribution is -0.120. The van der Waals surface area contributed by atoms with Crippen LogP contribution in [0.5, 0.6) is 5.75 Å². The van der Waals surface area contributed by atoms with Crippen LogP contribution < -0.4 is 10.1 Å². The summed E-state index contributed by atoms with van der Waals surface area (Å²) in [6.07, 6.45) is -0.372. The second-order valence-electron chi connectivity index (χ2n) is 6.16. The minimum Gasteiger partial charge on any atom is -0.491 e. The topological polar surface area (TPSA) is 58.6 Å². The van der Waals surface area contributed by atoms with E-state index in [1.54, 1.807) is 6.07 Å². The van der Waals surface area contributed by atoms with Crippen molar-refractivity contribution in [1.29, 1.82) is 0 Å². The highest BCUT2D eigenvalue weighted by Crippen LogP contribution is 2.20. The van der Waals surface area contributed by atoms with Gasteiger partial charge in [0.1, 0.15) is 5.75 Å². The van der Waals surface area contributed by atoms with Gasteiger partial charge in [-0.3, -0.25) is 4.79 Å². The van der Waals surface area contributed by atoms with E-state index in [0.717, 1.165) is 16.7 Å². The zero-order valence-electron chi connectivity index (χ0n) is 14.5. The molecule has 2 N–H and O–H groups in total. The monoisotopic (exact) mass is 327 g/mol. The van der Waals surface area contributed by atoms with Gasteiger partial charge in [-0.15, -0.1) is 0 Å². The lowest BCUT2D eigenvalue weighted by Gasteiger charge is -2.15. The predicted octanol–water partition coefficient (Wildman–Crippen LogP) is 3.17. The maximum atomic E-state index is 12.1. The van der Waals surface area contributed by atoms with Crippen molar-refractivity contribution >= 4 is 5.91 Å². The molecular weight excluding hydrogens is 302 g/mol. The smallest absolute Gasteiger partial charge is 0.224 e. The first-order valence-corrected chi connectivity index (χ1v) is 8.21. The molecule has 2 aromatic carbocycles. The highest BCUT2D eigenvalue weighted by atomic mass is 16.5. The summed E-state index contributed by atoms with van der Waals surface area (Å²) in [6.45, 7) is 6.07. The van der Waals surface area contributed by atoms with E-state index in [4.69, 9.17) is 4.74 Å². The van der Waals surface area contributed by atoms with E-state index in [2.05, 4.69) is 5.32 Å². The van der Waals surface area contributed by atoms with E-state index in [1.165, 1.54) is 0 Å². The molecule has 0 aliphatic rings. The van der Waals surface area contributed by atoms with Crippen molar-refractivity contribution in [2.24, 2.45) is 0 Å². The number of carbonyl (C=O) groups excluding carboxylic acids is 1. The summed E-state index contributed by atoms with van der Waals surface area (Å²) in [4.78, 5) is 12.1. The summed E-state index contributed by atoms with van der Waals surface area (Å²) in [5.74, 6) is 0.616. The van der Waals surface area contributed by atoms with Crippen LogP contribution in [-0.2, 0) is 11.2 Å². The molecule has 0 heterocycles. The molecule has 1 unspecified atom stereocenters. The number of aryl methyl sites for hydroxylation is 1. The van der Waals surface area contributed by atoms with Crippen molar-refractivity contribution in [3.05, 3.63) is 65.2 Å². The van der Waals surface area contributed by atoms with Crippen LogP contribution in [0.1, 0.15) is 36.6 Å². The number of ether oxygens (including phenoxy) is 1. The molecule has 0 spiro atoms. The van der Waals surface area contributed by atoms with Gasteiger partial charge in [0.2, 0.25) is 5.91 Å². The van der Waals surface area contributed by atoms with Crippen molar-refractivity contribution in [3.63, 3.8) is 0 Å². The maximum absolute atomic E-state index is 12.1. The third-order valence-electron chi connectivity index (χ3n) is 3.72. The SMILES string of the molecule is Cc1ccccc1CC(=O)NCC(O)c1cccc(OC(C)C)c1. The van der Waals surface area contributed by atoms with Crippen molar-refractivity contribution in [3.8, 4) is 5.75 Å². The standard InChI is InChI=1S/C20H25NO3/c1-14(2)24-18-10-6-9-17(11-18)19(22)13-21-20(23)12-16-8-5-4-7-15(16)3/h4-11,14,19,22H,12-13H2,1-3H3,(H,21,23). The first-order chi connectivity index (χ1) is 11.5. The van der Waals surface area contributed by atoms with Gasteiger partial charge in [0.15, 0.2) is 0 Å². The van der Waals surface area contributed by atoms with Crippen molar-refractivity contribution in [2.45, 2.75) is 39.4 Å². The molecule has 0 aliphatic heterocycles. The van der Waals surface area contributed by atoms with E-state index in [1.807, 2.05) is 63.2 Å². The quantitative estimate of drug-likeness (QED) is 0.821. The normalized spacial score (nSPS) is 12.0. The van der Waals surface area contributed by atoms with Crippen molar-refractivity contribution in [1.82, 2.24) is 5.32 Å². The lowest BCUT2D eigenvalue weighted by atomic mass is 10.1. The fourth-order valence-corrected chi connectivity index (χ4v) is 2.44. The van der Waals surface area contributed by atoms with Crippen LogP contribution in [0.25, 0.3) is 0 Å². The zero-order valence-corrected chi connectivity index (χ0v) is 14.5. The molecule has 0 bridgehead atoms. The minimum absolute atomic E-state index is 0.0752. The fourth-order valence-electron chi connectivity index (χ4n) is 2.44. The Morgan fingerprint density at radius 1 is 1.17 bits per heavy atom. The van der Waals surface area contributed by atoms with Gasteiger partial charge in [-0.1, -0.05) is 36.4 Å². The summed E-state index contributed by atoms with van der Waals surface area (Å²) in [5, 5.41) is 13.1. The lowest BCUT2D eigenvalue weighted by Crippen LogP contribution is -2.29. The second kappa shape index (κ2) is 8.50. The zero-order chi connectivity index (χ0) is 17.5. The van der Waals surface area contributed by atoms with Crippen molar-refractivity contribution in [2.75, 3.05) is 6.54 Å². The van der Waals surface area contributed by atoms with Gasteiger partial charge in [-0.25, -0.2) is 0 Å². The predicted molar refractivity (Wildman–Crippen MR) is 95.1 cm³/mol. The van der Waals surface area contributed by atoms with Crippen LogP contribution in [0.3, 0.4) is 0 Å². The number of benzene rings is 2. The number of rotatable bonds is 7. The molecule has 0 aromatic heterocycles. The average molecular weight is 327 g/mol. The Bertz CT molecular complexity index is 682. The van der Waals surface area contributed by atoms with Crippen LogP contribution in [0.2, 0.25) is 0 Å². The molecule has 128 valence electrons. The number of hydrogen-bond donors (Lipinski definition) is 2. The Labute approximate surface area is 143 Å². The van der Waals surface area contributed by atoms with Gasteiger partial charge in [0.25, 0.3) is 0 Å². The van der Waals surface area contributed by atoms with Gasteiger partial charge in [-0.2, -0.15) is 0 Å². The highest BCUT2D eigenvalue weighted by Gasteiger charge is 2.12. The number of nitrogens with one attached hydrogen (secondary N) is 1. The number of aliphatic hydroxyl groups is 1. The van der Waals surface area contributed by atoms with Gasteiger partial charge in [0.05, 0.1) is 18.6 Å².